The molecular formula is C12H17NO3. The van der Waals surface area contributed by atoms with Crippen LogP contribution in [-0.4, -0.2) is 23.0 Å². The zero-order valence-electron chi connectivity index (χ0n) is 9.24. The number of hydrogen-bond donors (Lipinski definition) is 2. The van der Waals surface area contributed by atoms with Crippen LogP contribution >= 0.6 is 0 Å². The molecule has 0 aromatic carbocycles. The van der Waals surface area contributed by atoms with Gasteiger partial charge in [0.05, 0.1) is 5.92 Å². The molecule has 0 saturated heterocycles. The lowest BCUT2D eigenvalue weighted by Crippen LogP contribution is -2.45. The highest BCUT2D eigenvalue weighted by Crippen LogP contribution is 2.24. The lowest BCUT2D eigenvalue weighted by molar-refractivity contribution is -0.144. The molecule has 0 bridgehead atoms. The number of nitrogens with one attached hydrogen (secondary N) is 1. The van der Waals surface area contributed by atoms with Crippen molar-refractivity contribution in [3.05, 3.63) is 0 Å². The maximum Gasteiger partial charge on any atom is 0.308 e. The predicted octanol–water partition coefficient (Wildman–Crippen LogP) is 1.16. The highest BCUT2D eigenvalue weighted by atomic mass is 16.4. The Balaban J connectivity index is 2.47. The fraction of sp³-hybridized carbons (Fsp3) is 0.667. The van der Waals surface area contributed by atoms with E-state index in [1.165, 1.54) is 0 Å². The van der Waals surface area contributed by atoms with Gasteiger partial charge in [-0.15, -0.1) is 12.3 Å². The Morgan fingerprint density at radius 2 is 2.06 bits per heavy atom. The molecule has 88 valence electrons. The number of amides is 1. The molecule has 2 N–H and O–H groups in total. The molecule has 2 atom stereocenters. The number of hydrogen-bond acceptors (Lipinski definition) is 2. The second kappa shape index (κ2) is 6.16. The van der Waals surface area contributed by atoms with Crippen molar-refractivity contribution >= 4 is 11.9 Å². The molecular weight excluding hydrogens is 206 g/mol. The zero-order chi connectivity index (χ0) is 12.0. The number of carboxylic acids is 1. The number of carboxylic acid groups (broad SMARTS) is 1. The van der Waals surface area contributed by atoms with Crippen molar-refractivity contribution in [1.82, 2.24) is 5.32 Å². The molecule has 1 aliphatic rings. The molecule has 2 unspecified atom stereocenters. The molecule has 0 aromatic heterocycles. The number of terminal acetylenes is 1. The minimum Gasteiger partial charge on any atom is -0.481 e. The minimum atomic E-state index is -0.818. The van der Waals surface area contributed by atoms with E-state index in [9.17, 15) is 9.59 Å². The van der Waals surface area contributed by atoms with Gasteiger partial charge in [-0.3, -0.25) is 9.59 Å². The summed E-state index contributed by atoms with van der Waals surface area (Å²) in [5, 5.41) is 11.8. The first-order valence-electron chi connectivity index (χ1n) is 5.60. The van der Waals surface area contributed by atoms with Crippen LogP contribution in [0.2, 0.25) is 0 Å². The molecule has 4 nitrogen and oxygen atoms in total. The summed E-state index contributed by atoms with van der Waals surface area (Å²) >= 11 is 0. The number of aliphatic carboxylic acids is 1. The van der Waals surface area contributed by atoms with Crippen LogP contribution in [0.1, 0.15) is 38.5 Å². The van der Waals surface area contributed by atoms with E-state index in [4.69, 9.17) is 11.5 Å². The quantitative estimate of drug-likeness (QED) is 0.703. The third-order valence-electron chi connectivity index (χ3n) is 2.93. The molecule has 1 aliphatic carbocycles. The van der Waals surface area contributed by atoms with E-state index in [1.54, 1.807) is 0 Å². The first kappa shape index (κ1) is 12.6. The predicted molar refractivity (Wildman–Crippen MR) is 59.6 cm³/mol. The van der Waals surface area contributed by atoms with E-state index in [2.05, 4.69) is 11.2 Å². The van der Waals surface area contributed by atoms with Crippen LogP contribution < -0.4 is 5.32 Å². The van der Waals surface area contributed by atoms with Crippen molar-refractivity contribution in [3.8, 4) is 12.3 Å². The van der Waals surface area contributed by atoms with Crippen LogP contribution in [0.4, 0.5) is 0 Å². The average Bonchev–Trinajstić information content (AvgIpc) is 2.27. The van der Waals surface area contributed by atoms with Crippen molar-refractivity contribution in [1.29, 1.82) is 0 Å². The zero-order valence-corrected chi connectivity index (χ0v) is 9.24. The number of carbonyl (C=O) groups is 2. The summed E-state index contributed by atoms with van der Waals surface area (Å²) in [6, 6.07) is -0.225. The Labute approximate surface area is 95.4 Å². The molecule has 0 radical (unpaired) electrons. The van der Waals surface area contributed by atoms with Gasteiger partial charge in [-0.1, -0.05) is 12.8 Å². The van der Waals surface area contributed by atoms with Gasteiger partial charge in [-0.2, -0.15) is 0 Å². The van der Waals surface area contributed by atoms with Crippen LogP contribution in [-0.2, 0) is 9.59 Å². The Kier molecular flexibility index (Phi) is 4.84. The molecule has 1 rings (SSSR count). The maximum atomic E-state index is 11.4. The van der Waals surface area contributed by atoms with Crippen LogP contribution in [0.3, 0.4) is 0 Å². The third-order valence-corrected chi connectivity index (χ3v) is 2.93. The van der Waals surface area contributed by atoms with Gasteiger partial charge in [-0.05, 0) is 12.8 Å². The summed E-state index contributed by atoms with van der Waals surface area (Å²) in [7, 11) is 0. The minimum absolute atomic E-state index is 0.143. The van der Waals surface area contributed by atoms with Crippen LogP contribution in [0.15, 0.2) is 0 Å². The van der Waals surface area contributed by atoms with Crippen LogP contribution in [0.5, 0.6) is 0 Å². The summed E-state index contributed by atoms with van der Waals surface area (Å²) in [6.07, 6.45) is 9.03. The van der Waals surface area contributed by atoms with Gasteiger partial charge >= 0.3 is 5.97 Å². The van der Waals surface area contributed by atoms with E-state index in [0.717, 1.165) is 19.3 Å². The van der Waals surface area contributed by atoms with Crippen molar-refractivity contribution in [3.63, 3.8) is 0 Å². The first-order valence-corrected chi connectivity index (χ1v) is 5.60. The Hall–Kier alpha value is -1.50. The Morgan fingerprint density at radius 1 is 1.38 bits per heavy atom. The van der Waals surface area contributed by atoms with Gasteiger partial charge in [0.25, 0.3) is 0 Å². The van der Waals surface area contributed by atoms with Gasteiger partial charge in [0, 0.05) is 18.9 Å². The van der Waals surface area contributed by atoms with E-state index in [-0.39, 0.29) is 18.4 Å². The normalized spacial score (nSPS) is 24.4. The van der Waals surface area contributed by atoms with E-state index >= 15 is 0 Å². The van der Waals surface area contributed by atoms with Gasteiger partial charge in [0.15, 0.2) is 0 Å². The van der Waals surface area contributed by atoms with E-state index in [0.29, 0.717) is 12.8 Å². The Bertz CT molecular complexity index is 306. The highest BCUT2D eigenvalue weighted by Gasteiger charge is 2.31. The van der Waals surface area contributed by atoms with Gasteiger partial charge < -0.3 is 10.4 Å². The summed E-state index contributed by atoms with van der Waals surface area (Å²) in [5.74, 6) is 0.991. The molecule has 16 heavy (non-hydrogen) atoms. The van der Waals surface area contributed by atoms with Gasteiger partial charge in [0.1, 0.15) is 0 Å². The smallest absolute Gasteiger partial charge is 0.308 e. The topological polar surface area (TPSA) is 66.4 Å². The van der Waals surface area contributed by atoms with Crippen molar-refractivity contribution < 1.29 is 14.7 Å². The molecule has 1 saturated carbocycles. The maximum absolute atomic E-state index is 11.4. The summed E-state index contributed by atoms with van der Waals surface area (Å²) in [6.45, 7) is 0. The first-order chi connectivity index (χ1) is 7.65. The fourth-order valence-corrected chi connectivity index (χ4v) is 2.06. The molecule has 1 fully saturated rings. The van der Waals surface area contributed by atoms with Crippen LogP contribution in [0.25, 0.3) is 0 Å². The summed E-state index contributed by atoms with van der Waals surface area (Å²) in [5.41, 5.74) is 0. The monoisotopic (exact) mass is 223 g/mol. The lowest BCUT2D eigenvalue weighted by atomic mass is 9.84. The molecule has 4 heteroatoms. The number of rotatable bonds is 4. The molecule has 0 heterocycles. The Morgan fingerprint density at radius 3 is 2.69 bits per heavy atom. The second-order valence-corrected chi connectivity index (χ2v) is 4.11. The fourth-order valence-electron chi connectivity index (χ4n) is 2.06. The van der Waals surface area contributed by atoms with E-state index in [1.807, 2.05) is 0 Å². The van der Waals surface area contributed by atoms with Crippen LogP contribution in [0, 0.1) is 18.3 Å². The summed E-state index contributed by atoms with van der Waals surface area (Å²) in [4.78, 5) is 22.4. The van der Waals surface area contributed by atoms with Crippen molar-refractivity contribution in [2.45, 2.75) is 44.6 Å². The van der Waals surface area contributed by atoms with Gasteiger partial charge in [0.2, 0.25) is 5.91 Å². The van der Waals surface area contributed by atoms with Crippen molar-refractivity contribution in [2.75, 3.05) is 0 Å². The lowest BCUT2D eigenvalue weighted by Gasteiger charge is -2.29. The molecule has 0 aromatic rings. The molecule has 0 spiro atoms. The highest BCUT2D eigenvalue weighted by molar-refractivity contribution is 5.78. The third kappa shape index (κ3) is 3.58. The molecule has 0 aliphatic heterocycles. The largest absolute Gasteiger partial charge is 0.481 e. The van der Waals surface area contributed by atoms with Gasteiger partial charge in [-0.25, -0.2) is 0 Å². The standard InChI is InChI=1S/C12H17NO3/c1-2-3-8-11(14)13-10-7-5-4-6-9(10)12(15)16/h1,9-10H,3-8H2,(H,13,14)(H,15,16). The van der Waals surface area contributed by atoms with E-state index < -0.39 is 11.9 Å². The second-order valence-electron chi connectivity index (χ2n) is 4.11. The molecule has 1 amide bonds. The number of carbonyl (C=O) groups excluding carboxylic acids is 1. The SMILES string of the molecule is C#CCCC(=O)NC1CCCCC1C(=O)O. The summed E-state index contributed by atoms with van der Waals surface area (Å²) < 4.78 is 0. The average molecular weight is 223 g/mol. The van der Waals surface area contributed by atoms with Crippen molar-refractivity contribution in [2.24, 2.45) is 5.92 Å².